The van der Waals surface area contributed by atoms with Gasteiger partial charge in [-0.25, -0.2) is 12.8 Å². The SMILES string of the molecule is Cc1cc(S(=O)(=O)N2CCC(N)C2)ccc1F. The fourth-order valence-electron chi connectivity index (χ4n) is 1.90. The van der Waals surface area contributed by atoms with Gasteiger partial charge in [0.15, 0.2) is 0 Å². The summed E-state index contributed by atoms with van der Waals surface area (Å²) in [6.07, 6.45) is 0.666. The molecule has 2 N–H and O–H groups in total. The molecule has 0 spiro atoms. The molecule has 0 radical (unpaired) electrons. The van der Waals surface area contributed by atoms with Crippen molar-refractivity contribution in [1.29, 1.82) is 0 Å². The van der Waals surface area contributed by atoms with Gasteiger partial charge < -0.3 is 5.73 Å². The van der Waals surface area contributed by atoms with E-state index >= 15 is 0 Å². The molecule has 6 heteroatoms. The summed E-state index contributed by atoms with van der Waals surface area (Å²) < 4.78 is 38.8. The van der Waals surface area contributed by atoms with Crippen LogP contribution in [0.25, 0.3) is 0 Å². The van der Waals surface area contributed by atoms with Crippen molar-refractivity contribution in [3.8, 4) is 0 Å². The quantitative estimate of drug-likeness (QED) is 0.855. The zero-order valence-electron chi connectivity index (χ0n) is 9.56. The molecule has 1 saturated heterocycles. The molecule has 0 bridgehead atoms. The summed E-state index contributed by atoms with van der Waals surface area (Å²) in [6.45, 7) is 2.31. The molecule has 1 aromatic carbocycles. The highest BCUT2D eigenvalue weighted by molar-refractivity contribution is 7.89. The van der Waals surface area contributed by atoms with E-state index in [9.17, 15) is 12.8 Å². The van der Waals surface area contributed by atoms with E-state index in [1.165, 1.54) is 22.5 Å². The van der Waals surface area contributed by atoms with Crippen LogP contribution in [0.2, 0.25) is 0 Å². The van der Waals surface area contributed by atoms with Crippen molar-refractivity contribution in [1.82, 2.24) is 4.31 Å². The Bertz CT molecular complexity index is 530. The zero-order valence-corrected chi connectivity index (χ0v) is 10.4. The van der Waals surface area contributed by atoms with Gasteiger partial charge in [0, 0.05) is 19.1 Å². The van der Waals surface area contributed by atoms with Crippen LogP contribution in [0.3, 0.4) is 0 Å². The van der Waals surface area contributed by atoms with Crippen LogP contribution in [0, 0.1) is 12.7 Å². The molecule has 1 atom stereocenters. The van der Waals surface area contributed by atoms with Crippen molar-refractivity contribution >= 4 is 10.0 Å². The van der Waals surface area contributed by atoms with Crippen LogP contribution < -0.4 is 5.73 Å². The van der Waals surface area contributed by atoms with E-state index in [-0.39, 0.29) is 10.9 Å². The fraction of sp³-hybridized carbons (Fsp3) is 0.455. The second kappa shape index (κ2) is 4.36. The molecular formula is C11H15FN2O2S. The molecular weight excluding hydrogens is 243 g/mol. The van der Waals surface area contributed by atoms with Crippen molar-refractivity contribution in [2.75, 3.05) is 13.1 Å². The molecule has 1 aliphatic rings. The number of sulfonamides is 1. The molecule has 1 heterocycles. The van der Waals surface area contributed by atoms with E-state index in [4.69, 9.17) is 5.73 Å². The molecule has 1 fully saturated rings. The largest absolute Gasteiger partial charge is 0.326 e. The second-order valence-corrected chi connectivity index (χ2v) is 6.26. The summed E-state index contributed by atoms with van der Waals surface area (Å²) in [6, 6.07) is 3.72. The van der Waals surface area contributed by atoms with Crippen LogP contribution in [-0.4, -0.2) is 31.9 Å². The van der Waals surface area contributed by atoms with Gasteiger partial charge in [-0.3, -0.25) is 0 Å². The fourth-order valence-corrected chi connectivity index (χ4v) is 3.50. The Balaban J connectivity index is 2.35. The highest BCUT2D eigenvalue weighted by Crippen LogP contribution is 2.22. The van der Waals surface area contributed by atoms with E-state index in [1.807, 2.05) is 0 Å². The number of benzene rings is 1. The summed E-state index contributed by atoms with van der Waals surface area (Å²) >= 11 is 0. The smallest absolute Gasteiger partial charge is 0.243 e. The number of halogens is 1. The first-order valence-electron chi connectivity index (χ1n) is 5.43. The molecule has 2 rings (SSSR count). The lowest BCUT2D eigenvalue weighted by Gasteiger charge is -2.16. The molecule has 94 valence electrons. The molecule has 0 aromatic heterocycles. The molecule has 1 aromatic rings. The third-order valence-corrected chi connectivity index (χ3v) is 4.82. The Labute approximate surface area is 100 Å². The Hall–Kier alpha value is -0.980. The van der Waals surface area contributed by atoms with Crippen LogP contribution in [0.15, 0.2) is 23.1 Å². The van der Waals surface area contributed by atoms with Crippen molar-refractivity contribution in [3.05, 3.63) is 29.6 Å². The van der Waals surface area contributed by atoms with Crippen molar-refractivity contribution in [2.24, 2.45) is 5.73 Å². The minimum atomic E-state index is -3.52. The maximum Gasteiger partial charge on any atom is 0.243 e. The van der Waals surface area contributed by atoms with E-state index in [0.717, 1.165) is 0 Å². The van der Waals surface area contributed by atoms with E-state index < -0.39 is 15.8 Å². The first-order valence-corrected chi connectivity index (χ1v) is 6.87. The Morgan fingerprint density at radius 2 is 2.18 bits per heavy atom. The third-order valence-electron chi connectivity index (χ3n) is 2.95. The molecule has 17 heavy (non-hydrogen) atoms. The minimum absolute atomic E-state index is 0.105. The van der Waals surface area contributed by atoms with Crippen LogP contribution in [0.5, 0.6) is 0 Å². The van der Waals surface area contributed by atoms with Crippen LogP contribution in [0.1, 0.15) is 12.0 Å². The van der Waals surface area contributed by atoms with Crippen molar-refractivity contribution < 1.29 is 12.8 Å². The summed E-state index contributed by atoms with van der Waals surface area (Å²) in [7, 11) is -3.52. The Morgan fingerprint density at radius 1 is 1.47 bits per heavy atom. The van der Waals surface area contributed by atoms with Gasteiger partial charge in [0.25, 0.3) is 0 Å². The predicted octanol–water partition coefficient (Wildman–Crippen LogP) is 0.856. The van der Waals surface area contributed by atoms with Gasteiger partial charge in [0.05, 0.1) is 4.90 Å². The number of nitrogens with zero attached hydrogens (tertiary/aromatic N) is 1. The lowest BCUT2D eigenvalue weighted by atomic mass is 10.2. The Morgan fingerprint density at radius 3 is 2.71 bits per heavy atom. The average molecular weight is 258 g/mol. The van der Waals surface area contributed by atoms with Gasteiger partial charge in [-0.2, -0.15) is 4.31 Å². The van der Waals surface area contributed by atoms with Crippen LogP contribution >= 0.6 is 0 Å². The van der Waals surface area contributed by atoms with Crippen LogP contribution in [-0.2, 0) is 10.0 Å². The van der Waals surface area contributed by atoms with Gasteiger partial charge in [-0.15, -0.1) is 0 Å². The number of aryl methyl sites for hydroxylation is 1. The van der Waals surface area contributed by atoms with E-state index in [0.29, 0.717) is 25.1 Å². The minimum Gasteiger partial charge on any atom is -0.326 e. The zero-order chi connectivity index (χ0) is 12.6. The summed E-state index contributed by atoms with van der Waals surface area (Å²) in [5, 5.41) is 0. The lowest BCUT2D eigenvalue weighted by molar-refractivity contribution is 0.472. The normalized spacial score (nSPS) is 21.9. The highest BCUT2D eigenvalue weighted by Gasteiger charge is 2.30. The van der Waals surface area contributed by atoms with Gasteiger partial charge in [0.1, 0.15) is 5.82 Å². The summed E-state index contributed by atoms with van der Waals surface area (Å²) in [4.78, 5) is 0.130. The summed E-state index contributed by atoms with van der Waals surface area (Å²) in [5.74, 6) is -0.401. The topological polar surface area (TPSA) is 63.4 Å². The third kappa shape index (κ3) is 2.34. The first-order chi connectivity index (χ1) is 7.91. The molecule has 4 nitrogen and oxygen atoms in total. The standard InChI is InChI=1S/C11H15FN2O2S/c1-8-6-10(2-3-11(8)12)17(15,16)14-5-4-9(13)7-14/h2-3,6,9H,4-5,7,13H2,1H3. The lowest BCUT2D eigenvalue weighted by Crippen LogP contribution is -2.32. The Kier molecular flexibility index (Phi) is 3.20. The van der Waals surface area contributed by atoms with Crippen LogP contribution in [0.4, 0.5) is 4.39 Å². The van der Waals surface area contributed by atoms with Gasteiger partial charge in [-0.1, -0.05) is 0 Å². The molecule has 1 unspecified atom stereocenters. The monoisotopic (exact) mass is 258 g/mol. The summed E-state index contributed by atoms with van der Waals surface area (Å²) in [5.41, 5.74) is 6.02. The predicted molar refractivity (Wildman–Crippen MR) is 62.5 cm³/mol. The van der Waals surface area contributed by atoms with Crippen molar-refractivity contribution in [3.63, 3.8) is 0 Å². The van der Waals surface area contributed by atoms with E-state index in [1.54, 1.807) is 6.92 Å². The average Bonchev–Trinajstić information content (AvgIpc) is 2.69. The maximum atomic E-state index is 13.1. The number of rotatable bonds is 2. The number of nitrogens with two attached hydrogens (primary N) is 1. The van der Waals surface area contributed by atoms with Gasteiger partial charge in [-0.05, 0) is 37.1 Å². The molecule has 1 aliphatic heterocycles. The molecule has 0 saturated carbocycles. The maximum absolute atomic E-state index is 13.1. The molecule has 0 amide bonds. The number of hydrogen-bond donors (Lipinski definition) is 1. The number of hydrogen-bond acceptors (Lipinski definition) is 3. The van der Waals surface area contributed by atoms with E-state index in [2.05, 4.69) is 0 Å². The molecule has 0 aliphatic carbocycles. The second-order valence-electron chi connectivity index (χ2n) is 4.32. The highest BCUT2D eigenvalue weighted by atomic mass is 32.2. The first kappa shape index (κ1) is 12.5. The van der Waals surface area contributed by atoms with Gasteiger partial charge >= 0.3 is 0 Å². The van der Waals surface area contributed by atoms with Crippen molar-refractivity contribution in [2.45, 2.75) is 24.3 Å². The van der Waals surface area contributed by atoms with Gasteiger partial charge in [0.2, 0.25) is 10.0 Å².